The molecular formula is C10H20N4O2S. The van der Waals surface area contributed by atoms with E-state index < -0.39 is 10.0 Å². The van der Waals surface area contributed by atoms with Gasteiger partial charge in [-0.25, -0.2) is 13.1 Å². The van der Waals surface area contributed by atoms with Crippen LogP contribution in [0.2, 0.25) is 0 Å². The molecule has 1 heterocycles. The molecule has 0 aliphatic rings. The van der Waals surface area contributed by atoms with Gasteiger partial charge < -0.3 is 5.73 Å². The fourth-order valence-electron chi connectivity index (χ4n) is 1.47. The van der Waals surface area contributed by atoms with Gasteiger partial charge in [0.2, 0.25) is 10.0 Å². The topological polar surface area (TPSA) is 90.0 Å². The zero-order valence-corrected chi connectivity index (χ0v) is 11.1. The molecule has 1 aromatic heterocycles. The average Bonchev–Trinajstić information content (AvgIpc) is 2.60. The molecule has 0 amide bonds. The number of aryl methyl sites for hydroxylation is 1. The highest BCUT2D eigenvalue weighted by Gasteiger charge is 2.19. The highest BCUT2D eigenvalue weighted by atomic mass is 32.2. The molecule has 1 rings (SSSR count). The van der Waals surface area contributed by atoms with Crippen LogP contribution in [0, 0.1) is 0 Å². The molecule has 0 saturated carbocycles. The molecule has 0 aliphatic heterocycles. The van der Waals surface area contributed by atoms with E-state index in [0.717, 1.165) is 25.7 Å². The highest BCUT2D eigenvalue weighted by molar-refractivity contribution is 7.89. The van der Waals surface area contributed by atoms with Gasteiger partial charge in [-0.05, 0) is 6.42 Å². The molecule has 0 atom stereocenters. The Morgan fingerprint density at radius 2 is 2.12 bits per heavy atom. The molecule has 0 fully saturated rings. The standard InChI is InChI=1S/C10H20N4O2S/c1-3-4-5-6-7-13-17(15,16)9-8-12-14(2)10(9)11/h8,13H,3-7,11H2,1-2H3. The molecule has 17 heavy (non-hydrogen) atoms. The maximum atomic E-state index is 11.9. The first kappa shape index (κ1) is 14.0. The van der Waals surface area contributed by atoms with Gasteiger partial charge in [0.15, 0.2) is 0 Å². The van der Waals surface area contributed by atoms with Gasteiger partial charge >= 0.3 is 0 Å². The highest BCUT2D eigenvalue weighted by Crippen LogP contribution is 2.15. The molecule has 6 nitrogen and oxygen atoms in total. The number of rotatable bonds is 7. The van der Waals surface area contributed by atoms with Gasteiger partial charge in [0.25, 0.3) is 0 Å². The van der Waals surface area contributed by atoms with Crippen molar-refractivity contribution in [1.29, 1.82) is 0 Å². The Morgan fingerprint density at radius 1 is 1.41 bits per heavy atom. The van der Waals surface area contributed by atoms with Crippen molar-refractivity contribution in [3.05, 3.63) is 6.20 Å². The van der Waals surface area contributed by atoms with Crippen LogP contribution in [0.4, 0.5) is 5.82 Å². The predicted octanol–water partition coefficient (Wildman–Crippen LogP) is 0.861. The lowest BCUT2D eigenvalue weighted by atomic mass is 10.2. The van der Waals surface area contributed by atoms with Crippen LogP contribution in [0.5, 0.6) is 0 Å². The van der Waals surface area contributed by atoms with E-state index in [1.165, 1.54) is 10.9 Å². The number of sulfonamides is 1. The van der Waals surface area contributed by atoms with Crippen molar-refractivity contribution in [2.75, 3.05) is 12.3 Å². The normalized spacial score (nSPS) is 11.9. The van der Waals surface area contributed by atoms with Crippen molar-refractivity contribution >= 4 is 15.8 Å². The van der Waals surface area contributed by atoms with Crippen LogP contribution in [0.25, 0.3) is 0 Å². The van der Waals surface area contributed by atoms with Crippen LogP contribution < -0.4 is 10.5 Å². The van der Waals surface area contributed by atoms with Crippen LogP contribution in [-0.2, 0) is 17.1 Å². The Morgan fingerprint density at radius 3 is 2.65 bits per heavy atom. The van der Waals surface area contributed by atoms with Crippen molar-refractivity contribution in [3.8, 4) is 0 Å². The first-order chi connectivity index (χ1) is 7.99. The number of nitrogen functional groups attached to an aromatic ring is 1. The lowest BCUT2D eigenvalue weighted by Crippen LogP contribution is -2.25. The third kappa shape index (κ3) is 3.71. The Kier molecular flexibility index (Phi) is 4.95. The SMILES string of the molecule is CCCCCCNS(=O)(=O)c1cnn(C)c1N. The minimum Gasteiger partial charge on any atom is -0.383 e. The third-order valence-corrected chi connectivity index (χ3v) is 4.04. The number of hydrogen-bond acceptors (Lipinski definition) is 4. The van der Waals surface area contributed by atoms with Crippen molar-refractivity contribution in [1.82, 2.24) is 14.5 Å². The van der Waals surface area contributed by atoms with E-state index in [1.807, 2.05) is 0 Å². The summed E-state index contributed by atoms with van der Waals surface area (Å²) in [5.41, 5.74) is 5.62. The van der Waals surface area contributed by atoms with Crippen molar-refractivity contribution < 1.29 is 8.42 Å². The summed E-state index contributed by atoms with van der Waals surface area (Å²) in [5, 5.41) is 3.81. The molecule has 0 saturated heterocycles. The van der Waals surface area contributed by atoms with E-state index in [0.29, 0.717) is 6.54 Å². The Balaban J connectivity index is 2.55. The van der Waals surface area contributed by atoms with Crippen LogP contribution >= 0.6 is 0 Å². The lowest BCUT2D eigenvalue weighted by Gasteiger charge is -2.05. The first-order valence-electron chi connectivity index (χ1n) is 5.76. The van der Waals surface area contributed by atoms with E-state index in [-0.39, 0.29) is 10.7 Å². The van der Waals surface area contributed by atoms with Gasteiger partial charge in [-0.3, -0.25) is 4.68 Å². The van der Waals surface area contributed by atoms with Gasteiger partial charge in [0.05, 0.1) is 6.20 Å². The second-order valence-corrected chi connectivity index (χ2v) is 5.71. The van der Waals surface area contributed by atoms with Crippen LogP contribution in [-0.4, -0.2) is 24.7 Å². The molecule has 0 aromatic carbocycles. The van der Waals surface area contributed by atoms with Gasteiger partial charge in [0, 0.05) is 13.6 Å². The second kappa shape index (κ2) is 6.02. The Hall–Kier alpha value is -1.08. The zero-order chi connectivity index (χ0) is 12.9. The Bertz CT molecular complexity index is 453. The minimum atomic E-state index is -3.52. The van der Waals surface area contributed by atoms with Crippen LogP contribution in [0.15, 0.2) is 11.1 Å². The molecule has 0 spiro atoms. The monoisotopic (exact) mass is 260 g/mol. The number of unbranched alkanes of at least 4 members (excludes halogenated alkanes) is 3. The van der Waals surface area contributed by atoms with E-state index in [2.05, 4.69) is 16.7 Å². The number of aromatic nitrogens is 2. The molecule has 1 aromatic rings. The summed E-state index contributed by atoms with van der Waals surface area (Å²) in [4.78, 5) is 0.0514. The van der Waals surface area contributed by atoms with E-state index >= 15 is 0 Å². The van der Waals surface area contributed by atoms with Crippen LogP contribution in [0.3, 0.4) is 0 Å². The molecule has 0 aliphatic carbocycles. The number of nitrogens with one attached hydrogen (secondary N) is 1. The van der Waals surface area contributed by atoms with Crippen LogP contribution in [0.1, 0.15) is 32.6 Å². The summed E-state index contributed by atoms with van der Waals surface area (Å²) in [5.74, 6) is 0.158. The number of nitrogens with two attached hydrogens (primary N) is 1. The second-order valence-electron chi connectivity index (χ2n) is 3.98. The number of nitrogens with zero attached hydrogens (tertiary/aromatic N) is 2. The third-order valence-electron chi connectivity index (χ3n) is 2.56. The molecular weight excluding hydrogens is 240 g/mol. The maximum absolute atomic E-state index is 11.9. The maximum Gasteiger partial charge on any atom is 0.245 e. The zero-order valence-electron chi connectivity index (χ0n) is 10.3. The molecule has 0 radical (unpaired) electrons. The van der Waals surface area contributed by atoms with Crippen molar-refractivity contribution in [2.45, 2.75) is 37.5 Å². The van der Waals surface area contributed by atoms with Gasteiger partial charge in [-0.2, -0.15) is 5.10 Å². The smallest absolute Gasteiger partial charge is 0.245 e. The fourth-order valence-corrected chi connectivity index (χ4v) is 2.63. The summed E-state index contributed by atoms with van der Waals surface area (Å²) >= 11 is 0. The van der Waals surface area contributed by atoms with E-state index in [4.69, 9.17) is 5.73 Å². The largest absolute Gasteiger partial charge is 0.383 e. The fraction of sp³-hybridized carbons (Fsp3) is 0.700. The Labute approximate surface area is 102 Å². The quantitative estimate of drug-likeness (QED) is 0.711. The first-order valence-corrected chi connectivity index (χ1v) is 7.24. The minimum absolute atomic E-state index is 0.0514. The van der Waals surface area contributed by atoms with E-state index in [1.54, 1.807) is 7.05 Å². The molecule has 3 N–H and O–H groups in total. The summed E-state index contributed by atoms with van der Waals surface area (Å²) < 4.78 is 27.6. The molecule has 0 bridgehead atoms. The van der Waals surface area contributed by atoms with E-state index in [9.17, 15) is 8.42 Å². The summed E-state index contributed by atoms with van der Waals surface area (Å²) in [6.07, 6.45) is 5.39. The van der Waals surface area contributed by atoms with Gasteiger partial charge in [0.1, 0.15) is 10.7 Å². The summed E-state index contributed by atoms with van der Waals surface area (Å²) in [7, 11) is -1.91. The molecule has 98 valence electrons. The predicted molar refractivity (Wildman–Crippen MR) is 67.0 cm³/mol. The summed E-state index contributed by atoms with van der Waals surface area (Å²) in [6, 6.07) is 0. The van der Waals surface area contributed by atoms with Gasteiger partial charge in [-0.1, -0.05) is 26.2 Å². The summed E-state index contributed by atoms with van der Waals surface area (Å²) in [6.45, 7) is 2.55. The lowest BCUT2D eigenvalue weighted by molar-refractivity contribution is 0.574. The van der Waals surface area contributed by atoms with Crippen molar-refractivity contribution in [2.24, 2.45) is 7.05 Å². The van der Waals surface area contributed by atoms with Crippen molar-refractivity contribution in [3.63, 3.8) is 0 Å². The molecule has 7 heteroatoms. The van der Waals surface area contributed by atoms with Gasteiger partial charge in [-0.15, -0.1) is 0 Å². The number of anilines is 1. The number of hydrogen-bond donors (Lipinski definition) is 2. The average molecular weight is 260 g/mol. The molecule has 0 unspecified atom stereocenters.